The van der Waals surface area contributed by atoms with Crippen LogP contribution in [0.1, 0.15) is 54.0 Å². The molecule has 9 nitrogen and oxygen atoms in total. The van der Waals surface area contributed by atoms with E-state index in [0.717, 1.165) is 16.7 Å². The summed E-state index contributed by atoms with van der Waals surface area (Å²) in [6.07, 6.45) is -13.8. The van der Waals surface area contributed by atoms with E-state index < -0.39 is 116 Å². The summed E-state index contributed by atoms with van der Waals surface area (Å²) in [5, 5.41) is 1.99. The number of carbonyl (C=O) groups excluding carboxylic acids is 2. The zero-order valence-corrected chi connectivity index (χ0v) is 20.4. The normalized spacial score (nSPS) is 28.2. The predicted molar refractivity (Wildman–Crippen MR) is 133 cm³/mol. The lowest BCUT2D eigenvalue weighted by Gasteiger charge is -2.34. The zero-order valence-electron chi connectivity index (χ0n) is 28.4. The first kappa shape index (κ1) is 19.2. The third-order valence-corrected chi connectivity index (χ3v) is 6.40. The molecule has 2 N–H and O–H groups in total. The number of aromatic nitrogens is 3. The fourth-order valence-corrected chi connectivity index (χ4v) is 4.54. The number of piperidine rings is 1. The van der Waals surface area contributed by atoms with Crippen LogP contribution in [0.3, 0.4) is 0 Å². The molecule has 0 saturated carbocycles. The summed E-state index contributed by atoms with van der Waals surface area (Å²) in [7, 11) is 0. The van der Waals surface area contributed by atoms with Crippen LogP contribution in [-0.4, -0.2) is 74.6 Å². The summed E-state index contributed by atoms with van der Waals surface area (Å²) in [6.45, 7) is -7.74. The van der Waals surface area contributed by atoms with Crippen molar-refractivity contribution in [2.24, 2.45) is 0 Å². The molecule has 0 bridgehead atoms. The highest BCUT2D eigenvalue weighted by Crippen LogP contribution is 2.32. The second kappa shape index (κ2) is 10.9. The largest absolute Gasteiger partial charge is 0.406 e. The number of amides is 3. The van der Waals surface area contributed by atoms with Gasteiger partial charge in [0.2, 0.25) is 5.91 Å². The van der Waals surface area contributed by atoms with Gasteiger partial charge in [0.15, 0.2) is 17.3 Å². The maximum atomic E-state index is 14.8. The van der Waals surface area contributed by atoms with Crippen molar-refractivity contribution in [3.05, 3.63) is 64.2 Å². The van der Waals surface area contributed by atoms with Gasteiger partial charge < -0.3 is 15.1 Å². The molecule has 2 aliphatic heterocycles. The third-order valence-electron chi connectivity index (χ3n) is 6.40. The van der Waals surface area contributed by atoms with Crippen molar-refractivity contribution in [1.29, 1.82) is 0 Å². The van der Waals surface area contributed by atoms with Crippen LogP contribution in [0.5, 0.6) is 0 Å². The van der Waals surface area contributed by atoms with Gasteiger partial charge in [0.05, 0.1) is 8.26 Å². The Hall–Kier alpha value is -3.97. The Balaban J connectivity index is 1.48. The number of fused-ring (bicyclic) bond motifs is 1. The molecule has 3 amide bonds. The Morgan fingerprint density at radius 1 is 1.15 bits per heavy atom. The zero-order chi connectivity index (χ0) is 35.8. The highest BCUT2D eigenvalue weighted by molar-refractivity contribution is 5.87. The van der Waals surface area contributed by atoms with Gasteiger partial charge in [-0.05, 0) is 49.3 Å². The van der Waals surface area contributed by atoms with Gasteiger partial charge in [0.25, 0.3) is 0 Å². The fourth-order valence-electron chi connectivity index (χ4n) is 4.54. The van der Waals surface area contributed by atoms with Crippen molar-refractivity contribution in [3.8, 4) is 0 Å². The number of pyridine rings is 1. The number of imidazole rings is 1. The number of carbonyl (C=O) groups is 2. The molecule has 0 spiro atoms. The molecule has 2 aromatic heterocycles. The average molecular weight is 575 g/mol. The van der Waals surface area contributed by atoms with Crippen LogP contribution in [0.15, 0.2) is 41.3 Å². The van der Waals surface area contributed by atoms with Gasteiger partial charge in [-0.2, -0.15) is 13.2 Å². The molecule has 4 heterocycles. The second-order valence-electron chi connectivity index (χ2n) is 9.00. The van der Waals surface area contributed by atoms with E-state index in [-0.39, 0.29) is 11.2 Å². The Bertz CT molecular complexity index is 1800. The van der Waals surface area contributed by atoms with E-state index in [2.05, 4.69) is 9.97 Å². The van der Waals surface area contributed by atoms with Crippen molar-refractivity contribution < 1.29 is 42.5 Å². The van der Waals surface area contributed by atoms with Crippen LogP contribution in [0.2, 0.25) is 0 Å². The number of likely N-dealkylation sites (tertiary alicyclic amines) is 2. The Morgan fingerprint density at radius 3 is 2.62 bits per heavy atom. The molecule has 3 aromatic rings. The Morgan fingerprint density at radius 2 is 1.90 bits per heavy atom. The lowest BCUT2D eigenvalue weighted by Crippen LogP contribution is -2.54. The maximum Gasteiger partial charge on any atom is 0.406 e. The molecule has 2 atom stereocenters. The number of H-pyrrole nitrogens is 1. The number of aromatic amines is 1. The molecule has 2 fully saturated rings. The van der Waals surface area contributed by atoms with Crippen molar-refractivity contribution in [2.45, 2.75) is 49.7 Å². The van der Waals surface area contributed by atoms with Crippen molar-refractivity contribution in [1.82, 2.24) is 29.7 Å². The van der Waals surface area contributed by atoms with Crippen LogP contribution in [0.25, 0.3) is 11.2 Å². The number of rotatable bonds is 4. The van der Waals surface area contributed by atoms with Gasteiger partial charge in [-0.3, -0.25) is 14.3 Å². The lowest BCUT2D eigenvalue weighted by atomic mass is 9.93. The number of hydrogen-bond acceptors (Lipinski definition) is 4. The number of urea groups is 1. The standard InChI is InChI=1S/C26H27F5N6O3/c27-18-4-1-3-17(21(18)28)15-6-7-19(23(38)36(13-15)14-26(29,30)31)33-24(39)35-11-8-16(9-12-35)37-20-5-2-10-32-22(20)34-25(37)40/h1-5,10,15-16,19H,6-9,11-14H2,(H,33,39)(H,32,34,40)/t15-,19-/m1/s1/i6D2,8D2,9D2,14D2. The van der Waals surface area contributed by atoms with E-state index in [9.17, 15) is 36.3 Å². The van der Waals surface area contributed by atoms with Crippen LogP contribution in [0, 0.1) is 11.6 Å². The van der Waals surface area contributed by atoms with Crippen molar-refractivity contribution in [3.63, 3.8) is 0 Å². The van der Waals surface area contributed by atoms with Gasteiger partial charge >= 0.3 is 17.9 Å². The molecule has 0 unspecified atom stereocenters. The van der Waals surface area contributed by atoms with Gasteiger partial charge in [0.1, 0.15) is 12.5 Å². The van der Waals surface area contributed by atoms with Crippen LogP contribution in [0.4, 0.5) is 26.7 Å². The molecule has 0 aliphatic carbocycles. The van der Waals surface area contributed by atoms with E-state index in [1.54, 1.807) is 0 Å². The number of nitrogens with one attached hydrogen (secondary N) is 2. The highest BCUT2D eigenvalue weighted by atomic mass is 19.4. The molecule has 5 rings (SSSR count). The van der Waals surface area contributed by atoms with Crippen LogP contribution >= 0.6 is 0 Å². The van der Waals surface area contributed by atoms with E-state index in [1.807, 2.05) is 5.32 Å². The van der Waals surface area contributed by atoms with Crippen LogP contribution < -0.4 is 11.0 Å². The van der Waals surface area contributed by atoms with E-state index in [4.69, 9.17) is 11.0 Å². The molecule has 2 saturated heterocycles. The van der Waals surface area contributed by atoms with E-state index in [1.165, 1.54) is 18.3 Å². The molecular weight excluding hydrogens is 539 g/mol. The smallest absolute Gasteiger partial charge is 0.331 e. The number of benzene rings is 1. The van der Waals surface area contributed by atoms with Gasteiger partial charge in [-0.15, -0.1) is 0 Å². The van der Waals surface area contributed by atoms with Crippen LogP contribution in [-0.2, 0) is 4.79 Å². The first-order chi connectivity index (χ1) is 22.0. The minimum atomic E-state index is -5.76. The number of nitrogens with zero attached hydrogens (tertiary/aromatic N) is 4. The average Bonchev–Trinajstić information content (AvgIpc) is 3.22. The van der Waals surface area contributed by atoms with E-state index >= 15 is 0 Å². The minimum Gasteiger partial charge on any atom is -0.331 e. The van der Waals surface area contributed by atoms with Crippen molar-refractivity contribution >= 4 is 23.1 Å². The lowest BCUT2D eigenvalue weighted by molar-refractivity contribution is -0.162. The first-order valence-electron chi connectivity index (χ1n) is 15.9. The predicted octanol–water partition coefficient (Wildman–Crippen LogP) is 3.69. The summed E-state index contributed by atoms with van der Waals surface area (Å²) in [5.74, 6) is -6.94. The summed E-state index contributed by atoms with van der Waals surface area (Å²) < 4.78 is 139. The summed E-state index contributed by atoms with van der Waals surface area (Å²) in [4.78, 5) is 46.3. The highest BCUT2D eigenvalue weighted by Gasteiger charge is 2.40. The fraction of sp³-hybridized carbons (Fsp3) is 0.462. The Kier molecular flexibility index (Phi) is 5.22. The van der Waals surface area contributed by atoms with Gasteiger partial charge in [-0.25, -0.2) is 23.4 Å². The molecule has 14 heteroatoms. The number of halogens is 5. The topological polar surface area (TPSA) is 103 Å². The van der Waals surface area contributed by atoms with Crippen molar-refractivity contribution in [2.75, 3.05) is 26.1 Å². The first-order valence-corrected chi connectivity index (χ1v) is 11.9. The summed E-state index contributed by atoms with van der Waals surface area (Å²) in [5.41, 5.74) is -1.58. The maximum absolute atomic E-state index is 14.8. The Labute approximate surface area is 236 Å². The molecular formula is C26H27F5N6O3. The second-order valence-corrected chi connectivity index (χ2v) is 9.00. The molecule has 214 valence electrons. The molecule has 40 heavy (non-hydrogen) atoms. The minimum absolute atomic E-state index is 0.0371. The summed E-state index contributed by atoms with van der Waals surface area (Å²) in [6, 6.07) is -0.206. The van der Waals surface area contributed by atoms with E-state index in [0.29, 0.717) is 11.0 Å². The molecule has 2 aliphatic rings. The summed E-state index contributed by atoms with van der Waals surface area (Å²) >= 11 is 0. The van der Waals surface area contributed by atoms with Gasteiger partial charge in [0, 0.05) is 46.0 Å². The number of hydrogen-bond donors (Lipinski definition) is 2. The molecule has 0 radical (unpaired) electrons. The van der Waals surface area contributed by atoms with Gasteiger partial charge in [-0.1, -0.05) is 12.1 Å². The monoisotopic (exact) mass is 574 g/mol. The number of alkyl halides is 3. The SMILES string of the molecule is [2H]C1([2H])CN(C(=O)N[C@@H]2CC([2H])([2H])[C@@H](c3cccc(F)c3F)CN(C([2H])([2H])C(F)(F)F)C2=O)CC([2H])([2H])C1n1c(=O)[nH]c2ncccc21. The quantitative estimate of drug-likeness (QED) is 0.464. The third kappa shape index (κ3) is 5.65. The molecule has 1 aromatic carbocycles.